The van der Waals surface area contributed by atoms with Crippen LogP contribution in [0.3, 0.4) is 0 Å². The highest BCUT2D eigenvalue weighted by Gasteiger charge is 2.00. The summed E-state index contributed by atoms with van der Waals surface area (Å²) in [5.41, 5.74) is 0. The van der Waals surface area contributed by atoms with E-state index in [0.29, 0.717) is 12.3 Å². The summed E-state index contributed by atoms with van der Waals surface area (Å²) < 4.78 is 0. The Balaban J connectivity index is 3.96. The second kappa shape index (κ2) is 5.58. The van der Waals surface area contributed by atoms with Crippen LogP contribution in [0.4, 0.5) is 0 Å². The van der Waals surface area contributed by atoms with Crippen LogP contribution < -0.4 is 5.32 Å². The van der Waals surface area contributed by atoms with Crippen molar-refractivity contribution in [3.05, 3.63) is 17.5 Å². The van der Waals surface area contributed by atoms with Crippen molar-refractivity contribution < 1.29 is 24.4 Å². The molecule has 0 aromatic carbocycles. The quantitative estimate of drug-likeness (QED) is 0.251. The van der Waals surface area contributed by atoms with Gasteiger partial charge in [-0.25, -0.2) is 4.79 Å². The molecule has 0 rings (SSSR count). The van der Waals surface area contributed by atoms with E-state index in [1.54, 1.807) is 0 Å². The maximum atomic E-state index is 10.7. The minimum Gasteiger partial charge on any atom is -0.478 e. The van der Waals surface area contributed by atoms with Crippen LogP contribution in [0.15, 0.2) is 12.3 Å². The third-order valence-corrected chi connectivity index (χ3v) is 0.854. The van der Waals surface area contributed by atoms with Crippen LogP contribution in [-0.4, -0.2) is 35.2 Å². The van der Waals surface area contributed by atoms with E-state index in [1.165, 1.54) is 0 Å². The number of carbonyl (C=O) groups excluding carboxylic acids is 1. The topological polar surface area (TPSA) is 102 Å². The van der Waals surface area contributed by atoms with E-state index in [0.717, 1.165) is 13.3 Å². The molecule has 7 heteroatoms. The standard InChI is InChI=1S/C6H8N2O5/c1-13-8(12)4-5(9)7-3-2-6(10)11/h2-4H,1H3,(H,7,9)(H,10,11)/b3-2+,8-4+. The van der Waals surface area contributed by atoms with Crippen molar-refractivity contribution in [1.82, 2.24) is 5.32 Å². The molecule has 2 N–H and O–H groups in total. The molecular weight excluding hydrogens is 180 g/mol. The van der Waals surface area contributed by atoms with Crippen molar-refractivity contribution in [3.8, 4) is 0 Å². The molecule has 1 amide bonds. The average Bonchev–Trinajstić information content (AvgIpc) is 2.03. The number of carboxylic acid groups (broad SMARTS) is 1. The molecule has 0 saturated carbocycles. The zero-order valence-corrected chi connectivity index (χ0v) is 6.76. The number of carbonyl (C=O) groups is 2. The lowest BCUT2D eigenvalue weighted by Gasteiger charge is -1.94. The van der Waals surface area contributed by atoms with Gasteiger partial charge < -0.3 is 15.3 Å². The molecule has 0 bridgehead atoms. The maximum absolute atomic E-state index is 10.7. The van der Waals surface area contributed by atoms with E-state index in [1.807, 2.05) is 5.32 Å². The van der Waals surface area contributed by atoms with Crippen molar-refractivity contribution in [2.45, 2.75) is 0 Å². The molecule has 0 heterocycles. The molecule has 0 unspecified atom stereocenters. The van der Waals surface area contributed by atoms with Gasteiger partial charge in [-0.05, 0) is 0 Å². The third-order valence-electron chi connectivity index (χ3n) is 0.854. The molecule has 13 heavy (non-hydrogen) atoms. The van der Waals surface area contributed by atoms with Crippen LogP contribution in [-0.2, 0) is 14.4 Å². The van der Waals surface area contributed by atoms with Crippen molar-refractivity contribution >= 4 is 18.1 Å². The van der Waals surface area contributed by atoms with Crippen LogP contribution in [0.25, 0.3) is 0 Å². The fraction of sp³-hybridized carbons (Fsp3) is 0.167. The second-order valence-corrected chi connectivity index (χ2v) is 1.78. The smallest absolute Gasteiger partial charge is 0.329 e. The Kier molecular flexibility index (Phi) is 4.70. The number of nitrogens with zero attached hydrogens (tertiary/aromatic N) is 1. The molecule has 0 aliphatic carbocycles. The molecule has 0 fully saturated rings. The van der Waals surface area contributed by atoms with E-state index >= 15 is 0 Å². The van der Waals surface area contributed by atoms with Gasteiger partial charge in [0.1, 0.15) is 0 Å². The lowest BCUT2D eigenvalue weighted by Crippen LogP contribution is -2.23. The number of hydrogen-bond donors (Lipinski definition) is 2. The fourth-order valence-electron chi connectivity index (χ4n) is 0.381. The molecule has 0 aromatic heterocycles. The molecule has 7 nitrogen and oxygen atoms in total. The Hall–Kier alpha value is -2.05. The van der Waals surface area contributed by atoms with E-state index < -0.39 is 11.9 Å². The molecule has 0 atom stereocenters. The van der Waals surface area contributed by atoms with Crippen LogP contribution in [0.5, 0.6) is 0 Å². The summed E-state index contributed by atoms with van der Waals surface area (Å²) in [4.78, 5) is 24.6. The Morgan fingerprint density at radius 2 is 2.23 bits per heavy atom. The normalized spacial score (nSPS) is 11.3. The monoisotopic (exact) mass is 188 g/mol. The number of aliphatic carboxylic acids is 1. The molecule has 0 aromatic rings. The summed E-state index contributed by atoms with van der Waals surface area (Å²) in [6.07, 6.45) is 2.19. The minimum absolute atomic E-state index is 0.0655. The van der Waals surface area contributed by atoms with Gasteiger partial charge in [-0.1, -0.05) is 0 Å². The first-order valence-corrected chi connectivity index (χ1v) is 3.11. The van der Waals surface area contributed by atoms with Gasteiger partial charge in [0.25, 0.3) is 6.21 Å². The average molecular weight is 188 g/mol. The van der Waals surface area contributed by atoms with Crippen molar-refractivity contribution in [2.75, 3.05) is 7.11 Å². The van der Waals surface area contributed by atoms with E-state index in [2.05, 4.69) is 4.84 Å². The van der Waals surface area contributed by atoms with Gasteiger partial charge in [-0.3, -0.25) is 10.0 Å². The van der Waals surface area contributed by atoms with Crippen molar-refractivity contribution in [1.29, 1.82) is 0 Å². The van der Waals surface area contributed by atoms with Gasteiger partial charge in [0.15, 0.2) is 0 Å². The highest BCUT2D eigenvalue weighted by molar-refractivity contribution is 6.24. The zero-order chi connectivity index (χ0) is 10.3. The summed E-state index contributed by atoms with van der Waals surface area (Å²) in [5, 5.41) is 20.5. The number of rotatable bonds is 4. The van der Waals surface area contributed by atoms with Gasteiger partial charge in [0, 0.05) is 24.3 Å². The Bertz CT molecular complexity index is 258. The summed E-state index contributed by atoms with van der Waals surface area (Å²) in [5.74, 6) is -1.99. The Labute approximate surface area is 73.5 Å². The minimum atomic E-state index is -1.20. The summed E-state index contributed by atoms with van der Waals surface area (Å²) in [7, 11) is 1.09. The third kappa shape index (κ3) is 6.35. The zero-order valence-electron chi connectivity index (χ0n) is 6.76. The lowest BCUT2D eigenvalue weighted by atomic mass is 10.6. The largest absolute Gasteiger partial charge is 0.478 e. The molecule has 0 aliphatic heterocycles. The summed E-state index contributed by atoms with van der Waals surface area (Å²) >= 11 is 0. The fourth-order valence-corrected chi connectivity index (χ4v) is 0.381. The number of hydrogen-bond acceptors (Lipinski definition) is 4. The van der Waals surface area contributed by atoms with E-state index in [9.17, 15) is 14.8 Å². The van der Waals surface area contributed by atoms with Crippen molar-refractivity contribution in [3.63, 3.8) is 0 Å². The van der Waals surface area contributed by atoms with Gasteiger partial charge in [0.2, 0.25) is 0 Å². The lowest BCUT2D eigenvalue weighted by molar-refractivity contribution is -0.729. The second-order valence-electron chi connectivity index (χ2n) is 1.78. The summed E-state index contributed by atoms with van der Waals surface area (Å²) in [6.45, 7) is 0. The first-order valence-electron chi connectivity index (χ1n) is 3.11. The number of carboxylic acids is 1. The van der Waals surface area contributed by atoms with Crippen molar-refractivity contribution in [2.24, 2.45) is 0 Å². The number of nitrogens with one attached hydrogen (secondary N) is 1. The van der Waals surface area contributed by atoms with E-state index in [-0.39, 0.29) is 4.90 Å². The van der Waals surface area contributed by atoms with Crippen LogP contribution in [0, 0.1) is 5.21 Å². The molecule has 0 saturated heterocycles. The predicted molar refractivity (Wildman–Crippen MR) is 41.6 cm³/mol. The van der Waals surface area contributed by atoms with Gasteiger partial charge in [0.05, 0.1) is 0 Å². The molecule has 0 radical (unpaired) electrons. The predicted octanol–water partition coefficient (Wildman–Crippen LogP) is -1.16. The van der Waals surface area contributed by atoms with Crippen LogP contribution >= 0.6 is 0 Å². The Morgan fingerprint density at radius 3 is 2.69 bits per heavy atom. The highest BCUT2D eigenvalue weighted by atomic mass is 16.9. The van der Waals surface area contributed by atoms with Gasteiger partial charge in [-0.2, -0.15) is 0 Å². The highest BCUT2D eigenvalue weighted by Crippen LogP contribution is 1.70. The van der Waals surface area contributed by atoms with E-state index in [4.69, 9.17) is 5.11 Å². The van der Waals surface area contributed by atoms with Crippen LogP contribution in [0.1, 0.15) is 0 Å². The van der Waals surface area contributed by atoms with Crippen LogP contribution in [0.2, 0.25) is 0 Å². The first-order chi connectivity index (χ1) is 6.06. The molecule has 72 valence electrons. The summed E-state index contributed by atoms with van der Waals surface area (Å²) in [6, 6.07) is 0. The SMILES string of the molecule is CO/[N+]([O-])=C/C(=O)N/C=C/C(=O)O. The molecular formula is C6H8N2O5. The molecule has 0 aliphatic rings. The van der Waals surface area contributed by atoms with Gasteiger partial charge >= 0.3 is 11.9 Å². The Morgan fingerprint density at radius 1 is 1.62 bits per heavy atom. The molecule has 0 spiro atoms. The maximum Gasteiger partial charge on any atom is 0.329 e. The van der Waals surface area contributed by atoms with Gasteiger partial charge in [-0.15, -0.1) is 0 Å². The number of amides is 1. The first kappa shape index (κ1) is 11.0.